The minimum absolute atomic E-state index is 0.0222. The van der Waals surface area contributed by atoms with Crippen molar-refractivity contribution in [2.24, 2.45) is 5.92 Å². The number of rotatable bonds is 5. The molecule has 1 atom stereocenters. The Kier molecular flexibility index (Phi) is 5.40. The molecule has 1 unspecified atom stereocenters. The lowest BCUT2D eigenvalue weighted by Crippen LogP contribution is -1.97. The van der Waals surface area contributed by atoms with E-state index in [1.807, 2.05) is 6.07 Å². The van der Waals surface area contributed by atoms with E-state index in [0.717, 1.165) is 17.5 Å². The molecule has 0 heterocycles. The Hall–Kier alpha value is -1.35. The van der Waals surface area contributed by atoms with Gasteiger partial charge in [0.25, 0.3) is 0 Å². The van der Waals surface area contributed by atoms with Gasteiger partial charge in [-0.25, -0.2) is 4.39 Å². The topological polar surface area (TPSA) is 9.23 Å². The molecule has 112 valence electrons. The highest BCUT2D eigenvalue weighted by Gasteiger charge is 2.13. The van der Waals surface area contributed by atoms with Gasteiger partial charge in [-0.15, -0.1) is 0 Å². The summed E-state index contributed by atoms with van der Waals surface area (Å²) in [6.45, 7) is 4.42. The second kappa shape index (κ2) is 7.08. The van der Waals surface area contributed by atoms with Crippen molar-refractivity contribution < 1.29 is 9.13 Å². The van der Waals surface area contributed by atoms with Crippen LogP contribution in [0.4, 0.5) is 4.39 Å². The maximum absolute atomic E-state index is 13.8. The summed E-state index contributed by atoms with van der Waals surface area (Å²) in [6.07, 6.45) is 1.07. The third-order valence-electron chi connectivity index (χ3n) is 3.38. The lowest BCUT2D eigenvalue weighted by molar-refractivity contribution is 0.386. The Morgan fingerprint density at radius 2 is 1.67 bits per heavy atom. The molecule has 0 fully saturated rings. The SMILES string of the molecule is COc1ccc(C(Br)c2ccc(CC(C)C)cc2)cc1F. The minimum atomic E-state index is -0.337. The molecule has 0 aliphatic carbocycles. The summed E-state index contributed by atoms with van der Waals surface area (Å²) in [4.78, 5) is -0.0222. The van der Waals surface area contributed by atoms with E-state index in [1.165, 1.54) is 18.7 Å². The predicted molar refractivity (Wildman–Crippen MR) is 88.7 cm³/mol. The van der Waals surface area contributed by atoms with Crippen molar-refractivity contribution in [1.82, 2.24) is 0 Å². The van der Waals surface area contributed by atoms with Gasteiger partial charge in [-0.1, -0.05) is 60.1 Å². The van der Waals surface area contributed by atoms with Crippen molar-refractivity contribution in [1.29, 1.82) is 0 Å². The molecule has 0 saturated heterocycles. The van der Waals surface area contributed by atoms with Gasteiger partial charge >= 0.3 is 0 Å². The molecule has 0 aliphatic rings. The quantitative estimate of drug-likeness (QED) is 0.645. The van der Waals surface area contributed by atoms with Crippen molar-refractivity contribution >= 4 is 15.9 Å². The Morgan fingerprint density at radius 3 is 2.19 bits per heavy atom. The molecule has 2 aromatic rings. The average Bonchev–Trinajstić information content (AvgIpc) is 2.46. The Bertz CT molecular complexity index is 593. The lowest BCUT2D eigenvalue weighted by Gasteiger charge is -2.13. The van der Waals surface area contributed by atoms with Crippen LogP contribution in [0.1, 0.15) is 35.4 Å². The summed E-state index contributed by atoms with van der Waals surface area (Å²) in [5, 5.41) is 0. The molecule has 2 rings (SSSR count). The van der Waals surface area contributed by atoms with Crippen LogP contribution in [0.15, 0.2) is 42.5 Å². The summed E-state index contributed by atoms with van der Waals surface area (Å²) in [7, 11) is 1.47. The van der Waals surface area contributed by atoms with E-state index in [4.69, 9.17) is 4.74 Å². The largest absolute Gasteiger partial charge is 0.494 e. The highest BCUT2D eigenvalue weighted by atomic mass is 79.9. The van der Waals surface area contributed by atoms with Crippen LogP contribution in [0.5, 0.6) is 5.75 Å². The second-order valence-electron chi connectivity index (χ2n) is 5.60. The Balaban J connectivity index is 2.19. The first-order valence-electron chi connectivity index (χ1n) is 7.07. The Labute approximate surface area is 134 Å². The van der Waals surface area contributed by atoms with Crippen LogP contribution in [0.25, 0.3) is 0 Å². The van der Waals surface area contributed by atoms with Crippen LogP contribution in [0.2, 0.25) is 0 Å². The van der Waals surface area contributed by atoms with Crippen LogP contribution in [0, 0.1) is 11.7 Å². The maximum Gasteiger partial charge on any atom is 0.165 e. The number of benzene rings is 2. The van der Waals surface area contributed by atoms with E-state index in [2.05, 4.69) is 54.0 Å². The molecule has 0 N–H and O–H groups in total. The van der Waals surface area contributed by atoms with Crippen molar-refractivity contribution in [2.75, 3.05) is 7.11 Å². The van der Waals surface area contributed by atoms with Gasteiger partial charge in [0.05, 0.1) is 11.9 Å². The lowest BCUT2D eigenvalue weighted by atomic mass is 9.99. The van der Waals surface area contributed by atoms with E-state index in [0.29, 0.717) is 5.92 Å². The van der Waals surface area contributed by atoms with Gasteiger partial charge in [-0.2, -0.15) is 0 Å². The number of methoxy groups -OCH3 is 1. The smallest absolute Gasteiger partial charge is 0.165 e. The molecular weight excluding hydrogens is 331 g/mol. The third-order valence-corrected chi connectivity index (χ3v) is 4.44. The van der Waals surface area contributed by atoms with Crippen LogP contribution >= 0.6 is 15.9 Å². The van der Waals surface area contributed by atoms with Gasteiger partial charge in [0, 0.05) is 0 Å². The van der Waals surface area contributed by atoms with Crippen LogP contribution in [-0.4, -0.2) is 7.11 Å². The third kappa shape index (κ3) is 4.07. The van der Waals surface area contributed by atoms with Crippen LogP contribution < -0.4 is 4.74 Å². The zero-order valence-corrected chi connectivity index (χ0v) is 14.2. The number of hydrogen-bond acceptors (Lipinski definition) is 1. The molecular formula is C18H20BrFO. The average molecular weight is 351 g/mol. The van der Waals surface area contributed by atoms with Crippen molar-refractivity contribution in [2.45, 2.75) is 25.1 Å². The van der Waals surface area contributed by atoms with Gasteiger partial charge in [0.15, 0.2) is 11.6 Å². The first-order valence-corrected chi connectivity index (χ1v) is 7.99. The van der Waals surface area contributed by atoms with E-state index in [9.17, 15) is 4.39 Å². The van der Waals surface area contributed by atoms with Gasteiger partial charge in [-0.05, 0) is 41.2 Å². The summed E-state index contributed by atoms with van der Waals surface area (Å²) >= 11 is 3.64. The fourth-order valence-electron chi connectivity index (χ4n) is 2.33. The van der Waals surface area contributed by atoms with E-state index in [1.54, 1.807) is 6.07 Å². The molecule has 0 aromatic heterocycles. The number of alkyl halides is 1. The molecule has 0 radical (unpaired) electrons. The molecule has 0 saturated carbocycles. The normalized spacial score (nSPS) is 12.5. The van der Waals surface area contributed by atoms with Crippen LogP contribution in [-0.2, 0) is 6.42 Å². The molecule has 2 aromatic carbocycles. The summed E-state index contributed by atoms with van der Waals surface area (Å²) in [6, 6.07) is 13.5. The van der Waals surface area contributed by atoms with Gasteiger partial charge in [0.2, 0.25) is 0 Å². The fraction of sp³-hybridized carbons (Fsp3) is 0.333. The molecule has 0 bridgehead atoms. The summed E-state index contributed by atoms with van der Waals surface area (Å²) in [5.41, 5.74) is 3.33. The highest BCUT2D eigenvalue weighted by Crippen LogP contribution is 2.33. The minimum Gasteiger partial charge on any atom is -0.494 e. The van der Waals surface area contributed by atoms with Crippen LogP contribution in [0.3, 0.4) is 0 Å². The number of ether oxygens (including phenoxy) is 1. The molecule has 1 nitrogen and oxygen atoms in total. The monoisotopic (exact) mass is 350 g/mol. The predicted octanol–water partition coefficient (Wildman–Crippen LogP) is 5.52. The first kappa shape index (κ1) is 16.0. The van der Waals surface area contributed by atoms with E-state index >= 15 is 0 Å². The van der Waals surface area contributed by atoms with Crippen molar-refractivity contribution in [3.8, 4) is 5.75 Å². The maximum atomic E-state index is 13.8. The van der Waals surface area contributed by atoms with Gasteiger partial charge in [-0.3, -0.25) is 0 Å². The van der Waals surface area contributed by atoms with Gasteiger partial charge in [0.1, 0.15) is 0 Å². The molecule has 0 spiro atoms. The van der Waals surface area contributed by atoms with Crippen molar-refractivity contribution in [3.63, 3.8) is 0 Å². The zero-order valence-electron chi connectivity index (χ0n) is 12.6. The molecule has 0 aliphatic heterocycles. The second-order valence-corrected chi connectivity index (χ2v) is 6.51. The molecule has 21 heavy (non-hydrogen) atoms. The number of hydrogen-bond donors (Lipinski definition) is 0. The molecule has 3 heteroatoms. The van der Waals surface area contributed by atoms with E-state index in [-0.39, 0.29) is 16.4 Å². The van der Waals surface area contributed by atoms with E-state index < -0.39 is 0 Å². The van der Waals surface area contributed by atoms with Gasteiger partial charge < -0.3 is 4.74 Å². The van der Waals surface area contributed by atoms with Crippen molar-refractivity contribution in [3.05, 3.63) is 65.0 Å². The summed E-state index contributed by atoms with van der Waals surface area (Å²) in [5.74, 6) is 0.577. The fourth-order valence-corrected chi connectivity index (χ4v) is 2.92. The first-order chi connectivity index (χ1) is 10.0. The number of halogens is 2. The highest BCUT2D eigenvalue weighted by molar-refractivity contribution is 9.09. The summed E-state index contributed by atoms with van der Waals surface area (Å²) < 4.78 is 18.7. The Morgan fingerprint density at radius 1 is 1.05 bits per heavy atom. The zero-order chi connectivity index (χ0) is 15.4. The molecule has 0 amide bonds. The standard InChI is InChI=1S/C18H20BrFO/c1-12(2)10-13-4-6-14(7-5-13)18(19)15-8-9-17(21-3)16(20)11-15/h4-9,11-12,18H,10H2,1-3H3.